The average Bonchev–Trinajstić information content (AvgIpc) is 2.45. The number of hydrogen-bond acceptors (Lipinski definition) is 3. The lowest BCUT2D eigenvalue weighted by Crippen LogP contribution is -2.18. The maximum absolute atomic E-state index is 12.3. The third kappa shape index (κ3) is 4.90. The molecule has 0 aromatic heterocycles. The summed E-state index contributed by atoms with van der Waals surface area (Å²) in [4.78, 5) is 1.08. The van der Waals surface area contributed by atoms with Gasteiger partial charge in [0.15, 0.2) is 0 Å². The van der Waals surface area contributed by atoms with E-state index in [0.717, 1.165) is 10.6 Å². The molecule has 0 saturated carbocycles. The number of hydrogen-bond donors (Lipinski definition) is 1. The second-order valence-electron chi connectivity index (χ2n) is 4.24. The number of halogens is 3. The molecule has 1 N–H and O–H groups in total. The Kier molecular flexibility index (Phi) is 5.01. The highest BCUT2D eigenvalue weighted by Gasteiger charge is 2.31. The van der Waals surface area contributed by atoms with Crippen molar-refractivity contribution < 1.29 is 17.9 Å². The molecule has 0 amide bonds. The predicted octanol–water partition coefficient (Wildman–Crippen LogP) is 4.92. The molecule has 21 heavy (non-hydrogen) atoms. The van der Waals surface area contributed by atoms with Crippen molar-refractivity contribution in [1.29, 1.82) is 0 Å². The van der Waals surface area contributed by atoms with E-state index in [-0.39, 0.29) is 12.3 Å². The Balaban J connectivity index is 2.09. The van der Waals surface area contributed by atoms with Crippen LogP contribution in [-0.2, 0) is 6.54 Å². The van der Waals surface area contributed by atoms with E-state index in [4.69, 9.17) is 0 Å². The van der Waals surface area contributed by atoms with Crippen LogP contribution in [0.2, 0.25) is 0 Å². The maximum Gasteiger partial charge on any atom is 0.573 e. The molecule has 0 bridgehead atoms. The van der Waals surface area contributed by atoms with Gasteiger partial charge in [-0.05, 0) is 30.5 Å². The van der Waals surface area contributed by atoms with E-state index in [9.17, 15) is 13.2 Å². The molecular weight excluding hydrogens is 299 g/mol. The first-order valence-electron chi connectivity index (χ1n) is 6.19. The lowest BCUT2D eigenvalue weighted by atomic mass is 10.2. The quantitative estimate of drug-likeness (QED) is 0.792. The van der Waals surface area contributed by atoms with Crippen LogP contribution in [0.15, 0.2) is 53.4 Å². The fourth-order valence-corrected chi connectivity index (χ4v) is 2.26. The van der Waals surface area contributed by atoms with Gasteiger partial charge in [0.2, 0.25) is 0 Å². The third-order valence-electron chi connectivity index (χ3n) is 2.75. The molecule has 2 aromatic rings. The Labute approximate surface area is 125 Å². The molecule has 0 aliphatic carbocycles. The lowest BCUT2D eigenvalue weighted by Gasteiger charge is -2.14. The van der Waals surface area contributed by atoms with Gasteiger partial charge in [-0.15, -0.1) is 24.9 Å². The standard InChI is InChI=1S/C15H14F3NOS/c1-21-13-7-4-6-12(9-13)19-10-11-5-2-3-8-14(11)20-15(16,17)18/h2-9,19H,10H2,1H3. The molecule has 0 saturated heterocycles. The highest BCUT2D eigenvalue weighted by molar-refractivity contribution is 7.98. The van der Waals surface area contributed by atoms with E-state index >= 15 is 0 Å². The fourth-order valence-electron chi connectivity index (χ4n) is 1.80. The summed E-state index contributed by atoms with van der Waals surface area (Å²) in [5.74, 6) is -0.182. The molecule has 0 atom stereocenters. The molecule has 2 nitrogen and oxygen atoms in total. The van der Waals surface area contributed by atoms with Crippen molar-refractivity contribution in [3.8, 4) is 5.75 Å². The van der Waals surface area contributed by atoms with Crippen LogP contribution in [-0.4, -0.2) is 12.6 Å². The summed E-state index contributed by atoms with van der Waals surface area (Å²) in [5, 5.41) is 3.10. The molecule has 0 aliphatic rings. The summed E-state index contributed by atoms with van der Waals surface area (Å²) < 4.78 is 41.0. The van der Waals surface area contributed by atoms with Gasteiger partial charge in [-0.3, -0.25) is 0 Å². The summed E-state index contributed by atoms with van der Waals surface area (Å²) in [6.07, 6.45) is -2.72. The number of ether oxygens (including phenoxy) is 1. The number of benzene rings is 2. The van der Waals surface area contributed by atoms with Gasteiger partial charge in [-0.2, -0.15) is 0 Å². The van der Waals surface area contributed by atoms with Crippen LogP contribution in [0.5, 0.6) is 5.75 Å². The number of alkyl halides is 3. The van der Waals surface area contributed by atoms with Crippen molar-refractivity contribution in [3.63, 3.8) is 0 Å². The fraction of sp³-hybridized carbons (Fsp3) is 0.200. The largest absolute Gasteiger partial charge is 0.573 e. The highest BCUT2D eigenvalue weighted by Crippen LogP contribution is 2.27. The molecule has 2 rings (SSSR count). The van der Waals surface area contributed by atoms with Gasteiger partial charge < -0.3 is 10.1 Å². The second kappa shape index (κ2) is 6.76. The van der Waals surface area contributed by atoms with E-state index in [1.54, 1.807) is 23.9 Å². The van der Waals surface area contributed by atoms with Crippen molar-refractivity contribution >= 4 is 17.4 Å². The number of anilines is 1. The van der Waals surface area contributed by atoms with Gasteiger partial charge >= 0.3 is 6.36 Å². The number of nitrogens with one attached hydrogen (secondary N) is 1. The van der Waals surface area contributed by atoms with Crippen molar-refractivity contribution in [2.24, 2.45) is 0 Å². The Bertz CT molecular complexity index is 601. The summed E-state index contributed by atoms with van der Waals surface area (Å²) in [7, 11) is 0. The molecule has 0 unspecified atom stereocenters. The van der Waals surface area contributed by atoms with Crippen LogP contribution in [0.25, 0.3) is 0 Å². The van der Waals surface area contributed by atoms with Gasteiger partial charge in [0.05, 0.1) is 0 Å². The van der Waals surface area contributed by atoms with Gasteiger partial charge in [0.25, 0.3) is 0 Å². The Morgan fingerprint density at radius 3 is 2.57 bits per heavy atom. The van der Waals surface area contributed by atoms with Crippen LogP contribution < -0.4 is 10.1 Å². The molecule has 0 heterocycles. The van der Waals surface area contributed by atoms with Crippen LogP contribution in [0, 0.1) is 0 Å². The first kappa shape index (κ1) is 15.6. The van der Waals surface area contributed by atoms with Crippen molar-refractivity contribution in [2.45, 2.75) is 17.8 Å². The van der Waals surface area contributed by atoms with E-state index in [2.05, 4.69) is 10.1 Å². The Hall–Kier alpha value is -1.82. The van der Waals surface area contributed by atoms with Crippen LogP contribution in [0.3, 0.4) is 0 Å². The molecule has 2 aromatic carbocycles. The van der Waals surface area contributed by atoms with Crippen LogP contribution >= 0.6 is 11.8 Å². The smallest absolute Gasteiger partial charge is 0.405 e. The lowest BCUT2D eigenvalue weighted by molar-refractivity contribution is -0.274. The van der Waals surface area contributed by atoms with E-state index < -0.39 is 6.36 Å². The number of rotatable bonds is 5. The summed E-state index contributed by atoms with van der Waals surface area (Å²) in [5.41, 5.74) is 1.30. The SMILES string of the molecule is CSc1cccc(NCc2ccccc2OC(F)(F)F)c1. The first-order valence-corrected chi connectivity index (χ1v) is 7.42. The van der Waals surface area contributed by atoms with Gasteiger partial charge in [0.1, 0.15) is 5.75 Å². The summed E-state index contributed by atoms with van der Waals surface area (Å²) in [6, 6.07) is 13.8. The molecule has 0 aliphatic heterocycles. The van der Waals surface area contributed by atoms with Crippen LogP contribution in [0.4, 0.5) is 18.9 Å². The molecule has 0 spiro atoms. The summed E-state index contributed by atoms with van der Waals surface area (Å²) >= 11 is 1.60. The molecule has 6 heteroatoms. The first-order chi connectivity index (χ1) is 9.98. The average molecular weight is 313 g/mol. The summed E-state index contributed by atoms with van der Waals surface area (Å²) in [6.45, 7) is 0.254. The zero-order valence-corrected chi connectivity index (χ0v) is 12.1. The maximum atomic E-state index is 12.3. The van der Waals surface area contributed by atoms with Gasteiger partial charge in [-0.25, -0.2) is 0 Å². The normalized spacial score (nSPS) is 11.2. The molecular formula is C15H14F3NOS. The molecule has 112 valence electrons. The topological polar surface area (TPSA) is 21.3 Å². The van der Waals surface area contributed by atoms with Crippen molar-refractivity contribution in [3.05, 3.63) is 54.1 Å². The minimum atomic E-state index is -4.69. The van der Waals surface area contributed by atoms with Gasteiger partial charge in [-0.1, -0.05) is 24.3 Å². The minimum absolute atomic E-state index is 0.182. The Morgan fingerprint density at radius 1 is 1.10 bits per heavy atom. The second-order valence-corrected chi connectivity index (χ2v) is 5.12. The van der Waals surface area contributed by atoms with Gasteiger partial charge in [0, 0.05) is 22.7 Å². The third-order valence-corrected chi connectivity index (χ3v) is 3.48. The molecule has 0 radical (unpaired) electrons. The Morgan fingerprint density at radius 2 is 1.86 bits per heavy atom. The minimum Gasteiger partial charge on any atom is -0.405 e. The van der Waals surface area contributed by atoms with E-state index in [1.165, 1.54) is 12.1 Å². The molecule has 0 fully saturated rings. The highest BCUT2D eigenvalue weighted by atomic mass is 32.2. The number of para-hydroxylation sites is 1. The zero-order valence-electron chi connectivity index (χ0n) is 11.3. The van der Waals surface area contributed by atoms with E-state index in [0.29, 0.717) is 5.56 Å². The van der Waals surface area contributed by atoms with Crippen LogP contribution in [0.1, 0.15) is 5.56 Å². The van der Waals surface area contributed by atoms with Crippen molar-refractivity contribution in [1.82, 2.24) is 0 Å². The predicted molar refractivity (Wildman–Crippen MR) is 78.7 cm³/mol. The monoisotopic (exact) mass is 313 g/mol. The zero-order chi connectivity index (χ0) is 15.3. The van der Waals surface area contributed by atoms with E-state index in [1.807, 2.05) is 30.5 Å². The van der Waals surface area contributed by atoms with Crippen molar-refractivity contribution in [2.75, 3.05) is 11.6 Å². The number of thioether (sulfide) groups is 1.